The molecule has 3 rings (SSSR count). The van der Waals surface area contributed by atoms with Crippen LogP contribution in [0, 0.1) is 17.8 Å². The number of carbonyl (C=O) groups is 2. The molecule has 1 aliphatic heterocycles. The number of benzene rings is 1. The summed E-state index contributed by atoms with van der Waals surface area (Å²) in [5, 5.41) is 9.25. The van der Waals surface area contributed by atoms with Gasteiger partial charge >= 0.3 is 5.97 Å². The summed E-state index contributed by atoms with van der Waals surface area (Å²) in [4.78, 5) is 23.8. The maximum absolute atomic E-state index is 12.6. The molecule has 1 heterocycles. The summed E-state index contributed by atoms with van der Waals surface area (Å²) in [5.74, 6) is -0.419. The van der Waals surface area contributed by atoms with E-state index in [1.165, 1.54) is 0 Å². The zero-order valence-corrected chi connectivity index (χ0v) is 14.5. The molecule has 1 aliphatic carbocycles. The second-order valence-electron chi connectivity index (χ2n) is 7.06. The summed E-state index contributed by atoms with van der Waals surface area (Å²) in [5.41, 5.74) is 0.579. The Bertz CT molecular complexity index is 589. The smallest absolute Gasteiger partial charge is 0.307 e. The van der Waals surface area contributed by atoms with Gasteiger partial charge in [0.05, 0.1) is 12.5 Å². The molecular formula is C20H26O5. The van der Waals surface area contributed by atoms with E-state index in [1.54, 1.807) is 12.1 Å². The Balaban J connectivity index is 1.51. The molecular weight excluding hydrogens is 320 g/mol. The van der Waals surface area contributed by atoms with Gasteiger partial charge in [0.15, 0.2) is 5.78 Å². The van der Waals surface area contributed by atoms with Crippen molar-refractivity contribution < 1.29 is 24.2 Å². The molecule has 25 heavy (non-hydrogen) atoms. The van der Waals surface area contributed by atoms with Crippen molar-refractivity contribution in [2.24, 2.45) is 17.8 Å². The molecule has 0 radical (unpaired) electrons. The number of Topliss-reactive ketones (excluding diaryl/α,β-unsaturated/α-hetero) is 1. The highest BCUT2D eigenvalue weighted by Crippen LogP contribution is 2.34. The fourth-order valence-corrected chi connectivity index (χ4v) is 3.88. The van der Waals surface area contributed by atoms with Crippen molar-refractivity contribution in [2.45, 2.75) is 38.5 Å². The lowest BCUT2D eigenvalue weighted by Crippen LogP contribution is -2.25. The third kappa shape index (κ3) is 4.60. The number of rotatable bonds is 7. The number of carboxylic acids is 1. The van der Waals surface area contributed by atoms with Gasteiger partial charge in [-0.1, -0.05) is 6.42 Å². The van der Waals surface area contributed by atoms with Crippen molar-refractivity contribution in [3.05, 3.63) is 29.8 Å². The lowest BCUT2D eigenvalue weighted by Gasteiger charge is -2.21. The fourth-order valence-electron chi connectivity index (χ4n) is 3.88. The van der Waals surface area contributed by atoms with E-state index in [0.717, 1.165) is 44.6 Å². The van der Waals surface area contributed by atoms with Crippen LogP contribution >= 0.6 is 0 Å². The van der Waals surface area contributed by atoms with Gasteiger partial charge in [-0.3, -0.25) is 9.59 Å². The third-order valence-corrected chi connectivity index (χ3v) is 5.44. The SMILES string of the molecule is O=C(O)[C@H]1CCC[C@@H]1C(=O)c1ccc(OCCC2CCOCC2)cc1. The van der Waals surface area contributed by atoms with Crippen LogP contribution in [0.25, 0.3) is 0 Å². The Hall–Kier alpha value is -1.88. The summed E-state index contributed by atoms with van der Waals surface area (Å²) in [6.45, 7) is 2.36. The largest absolute Gasteiger partial charge is 0.494 e. The lowest BCUT2D eigenvalue weighted by molar-refractivity contribution is -0.142. The van der Waals surface area contributed by atoms with Gasteiger partial charge in [-0.25, -0.2) is 0 Å². The van der Waals surface area contributed by atoms with E-state index in [0.29, 0.717) is 30.9 Å². The number of ketones is 1. The van der Waals surface area contributed by atoms with Crippen molar-refractivity contribution in [3.8, 4) is 5.75 Å². The van der Waals surface area contributed by atoms with E-state index < -0.39 is 17.8 Å². The van der Waals surface area contributed by atoms with Crippen molar-refractivity contribution in [3.63, 3.8) is 0 Å². The molecule has 2 aliphatic rings. The van der Waals surface area contributed by atoms with Gasteiger partial charge in [0.2, 0.25) is 0 Å². The normalized spacial score (nSPS) is 24.2. The second kappa shape index (κ2) is 8.48. The van der Waals surface area contributed by atoms with Gasteiger partial charge in [0, 0.05) is 24.7 Å². The Morgan fingerprint density at radius 2 is 1.72 bits per heavy atom. The van der Waals surface area contributed by atoms with E-state index in [1.807, 2.05) is 12.1 Å². The maximum Gasteiger partial charge on any atom is 0.307 e. The summed E-state index contributed by atoms with van der Waals surface area (Å²) >= 11 is 0. The van der Waals surface area contributed by atoms with Crippen LogP contribution in [0.5, 0.6) is 5.75 Å². The average Bonchev–Trinajstić information content (AvgIpc) is 3.13. The van der Waals surface area contributed by atoms with Crippen molar-refractivity contribution >= 4 is 11.8 Å². The highest BCUT2D eigenvalue weighted by Gasteiger charge is 2.37. The summed E-state index contributed by atoms with van der Waals surface area (Å²) < 4.78 is 11.1. The molecule has 0 bridgehead atoms. The molecule has 5 heteroatoms. The van der Waals surface area contributed by atoms with E-state index >= 15 is 0 Å². The molecule has 1 aromatic carbocycles. The second-order valence-corrected chi connectivity index (χ2v) is 7.06. The molecule has 136 valence electrons. The number of carboxylic acid groups (broad SMARTS) is 1. The van der Waals surface area contributed by atoms with Gasteiger partial charge in [-0.2, -0.15) is 0 Å². The zero-order valence-electron chi connectivity index (χ0n) is 14.5. The third-order valence-electron chi connectivity index (χ3n) is 5.44. The molecule has 0 spiro atoms. The Kier molecular flexibility index (Phi) is 6.08. The first kappa shape index (κ1) is 17.9. The van der Waals surface area contributed by atoms with Crippen LogP contribution in [0.3, 0.4) is 0 Å². The van der Waals surface area contributed by atoms with E-state index in [9.17, 15) is 14.7 Å². The number of aliphatic carboxylic acids is 1. The number of ether oxygens (including phenoxy) is 2. The standard InChI is InChI=1S/C20H26O5/c21-19(17-2-1-3-18(17)20(22)23)15-4-6-16(7-5-15)25-13-10-14-8-11-24-12-9-14/h4-7,14,17-18H,1-3,8-13H2,(H,22,23)/t17-,18-/m0/s1. The number of hydrogen-bond donors (Lipinski definition) is 1. The van der Waals surface area contributed by atoms with Gasteiger partial charge in [0.1, 0.15) is 5.75 Å². The minimum atomic E-state index is -0.857. The predicted molar refractivity (Wildman–Crippen MR) is 92.9 cm³/mol. The lowest BCUT2D eigenvalue weighted by atomic mass is 9.88. The summed E-state index contributed by atoms with van der Waals surface area (Å²) in [6, 6.07) is 7.12. The van der Waals surface area contributed by atoms with Crippen LogP contribution in [0.2, 0.25) is 0 Å². The first-order valence-electron chi connectivity index (χ1n) is 9.23. The van der Waals surface area contributed by atoms with Crippen LogP contribution in [0.4, 0.5) is 0 Å². The summed E-state index contributed by atoms with van der Waals surface area (Å²) in [7, 11) is 0. The Labute approximate surface area is 148 Å². The number of carbonyl (C=O) groups excluding carboxylic acids is 1. The van der Waals surface area contributed by atoms with E-state index in [2.05, 4.69) is 0 Å². The number of hydrogen-bond acceptors (Lipinski definition) is 4. The van der Waals surface area contributed by atoms with Crippen LogP contribution < -0.4 is 4.74 Å². The van der Waals surface area contributed by atoms with Crippen molar-refractivity contribution in [1.82, 2.24) is 0 Å². The molecule has 2 fully saturated rings. The average molecular weight is 346 g/mol. The monoisotopic (exact) mass is 346 g/mol. The zero-order chi connectivity index (χ0) is 17.6. The molecule has 1 saturated carbocycles. The molecule has 0 aromatic heterocycles. The van der Waals surface area contributed by atoms with Crippen LogP contribution in [0.15, 0.2) is 24.3 Å². The van der Waals surface area contributed by atoms with Gasteiger partial charge in [-0.15, -0.1) is 0 Å². The Morgan fingerprint density at radius 1 is 1.04 bits per heavy atom. The van der Waals surface area contributed by atoms with Crippen molar-refractivity contribution in [1.29, 1.82) is 0 Å². The van der Waals surface area contributed by atoms with E-state index in [-0.39, 0.29) is 5.78 Å². The summed E-state index contributed by atoms with van der Waals surface area (Å²) in [6.07, 6.45) is 5.29. The van der Waals surface area contributed by atoms with Gasteiger partial charge in [-0.05, 0) is 62.3 Å². The highest BCUT2D eigenvalue weighted by atomic mass is 16.5. The van der Waals surface area contributed by atoms with Crippen molar-refractivity contribution in [2.75, 3.05) is 19.8 Å². The molecule has 0 amide bonds. The van der Waals surface area contributed by atoms with Crippen LogP contribution in [-0.2, 0) is 9.53 Å². The van der Waals surface area contributed by atoms with Crippen LogP contribution in [-0.4, -0.2) is 36.7 Å². The molecule has 0 unspecified atom stereocenters. The van der Waals surface area contributed by atoms with Crippen LogP contribution in [0.1, 0.15) is 48.9 Å². The van der Waals surface area contributed by atoms with E-state index in [4.69, 9.17) is 9.47 Å². The van der Waals surface area contributed by atoms with Gasteiger partial charge < -0.3 is 14.6 Å². The quantitative estimate of drug-likeness (QED) is 0.764. The molecule has 1 aromatic rings. The minimum Gasteiger partial charge on any atom is -0.494 e. The maximum atomic E-state index is 12.6. The highest BCUT2D eigenvalue weighted by molar-refractivity contribution is 6.00. The molecule has 1 N–H and O–H groups in total. The first-order chi connectivity index (χ1) is 12.1. The topological polar surface area (TPSA) is 72.8 Å². The van der Waals surface area contributed by atoms with Gasteiger partial charge in [0.25, 0.3) is 0 Å². The Morgan fingerprint density at radius 3 is 2.40 bits per heavy atom. The fraction of sp³-hybridized carbons (Fsp3) is 0.600. The minimum absolute atomic E-state index is 0.0568. The molecule has 2 atom stereocenters. The first-order valence-corrected chi connectivity index (χ1v) is 9.23. The molecule has 1 saturated heterocycles. The molecule has 5 nitrogen and oxygen atoms in total. The predicted octanol–water partition coefficient (Wildman–Crippen LogP) is 3.57.